The average molecular weight is 755 g/mol. The largest absolute Gasteiger partial charge is 0.456 e. The highest BCUT2D eigenvalue weighted by atomic mass is 16.3. The summed E-state index contributed by atoms with van der Waals surface area (Å²) in [4.78, 5) is 5.09. The summed E-state index contributed by atoms with van der Waals surface area (Å²) in [5.41, 5.74) is 8.99. The molecule has 0 fully saturated rings. The Kier molecular flexibility index (Phi) is 6.62. The van der Waals surface area contributed by atoms with Crippen molar-refractivity contribution in [3.05, 3.63) is 217 Å². The van der Waals surface area contributed by atoms with Crippen LogP contribution >= 0.6 is 0 Å². The number of benzene rings is 10. The van der Waals surface area contributed by atoms with Crippen molar-refractivity contribution >= 4 is 98.9 Å². The highest BCUT2D eigenvalue weighted by molar-refractivity contribution is 6.27. The Bertz CT molecular complexity index is 3400. The van der Waals surface area contributed by atoms with Gasteiger partial charge in [0.15, 0.2) is 5.66 Å². The molecule has 59 heavy (non-hydrogen) atoms. The maximum absolute atomic E-state index is 6.63. The van der Waals surface area contributed by atoms with Gasteiger partial charge in [-0.05, 0) is 80.8 Å². The van der Waals surface area contributed by atoms with Gasteiger partial charge < -0.3 is 18.6 Å². The standard InChI is InChI=1S/C55H34N2O2/c1-3-15-35(16-4-1)55(36-17-5-2-6-18-36)56(37-27-29-45-43-23-11-13-25-51(43)58-53(45)31-37)49-33-47-41-21-9-7-19-39(41)40-20-8-10-22-42(40)48(47)34-50(49)57(55)38-28-30-46-44-24-12-14-26-52(44)59-54(46)32-38/h1-34H. The highest BCUT2D eigenvalue weighted by Gasteiger charge is 2.54. The molecule has 3 heterocycles. The molecule has 4 heteroatoms. The third-order valence-corrected chi connectivity index (χ3v) is 12.6. The topological polar surface area (TPSA) is 32.8 Å². The Balaban J connectivity index is 1.22. The molecule has 0 amide bonds. The van der Waals surface area contributed by atoms with E-state index in [9.17, 15) is 0 Å². The fourth-order valence-electron chi connectivity index (χ4n) is 10.1. The van der Waals surface area contributed by atoms with Crippen LogP contribution in [-0.2, 0) is 5.66 Å². The molecule has 10 aromatic carbocycles. The number of furan rings is 2. The molecule has 0 atom stereocenters. The summed E-state index contributed by atoms with van der Waals surface area (Å²) < 4.78 is 13.3. The average Bonchev–Trinajstić information content (AvgIpc) is 3.96. The van der Waals surface area contributed by atoms with Gasteiger partial charge in [-0.2, -0.15) is 0 Å². The molecule has 0 bridgehead atoms. The smallest absolute Gasteiger partial charge is 0.175 e. The highest BCUT2D eigenvalue weighted by Crippen LogP contribution is 2.61. The van der Waals surface area contributed by atoms with Crippen molar-refractivity contribution in [2.45, 2.75) is 5.66 Å². The van der Waals surface area contributed by atoms with Gasteiger partial charge in [0.1, 0.15) is 22.3 Å². The first-order chi connectivity index (χ1) is 29.3. The van der Waals surface area contributed by atoms with Crippen molar-refractivity contribution in [1.29, 1.82) is 0 Å². The number of rotatable bonds is 4. The van der Waals surface area contributed by atoms with E-state index >= 15 is 0 Å². The normalized spacial score (nSPS) is 13.8. The van der Waals surface area contributed by atoms with Crippen molar-refractivity contribution in [2.24, 2.45) is 0 Å². The molecule has 0 saturated heterocycles. The van der Waals surface area contributed by atoms with Gasteiger partial charge in [0.2, 0.25) is 0 Å². The van der Waals surface area contributed by atoms with E-state index in [0.717, 1.165) is 77.8 Å². The van der Waals surface area contributed by atoms with E-state index in [1.54, 1.807) is 0 Å². The van der Waals surface area contributed by atoms with Crippen molar-refractivity contribution < 1.29 is 8.83 Å². The molecule has 1 aliphatic heterocycles. The van der Waals surface area contributed by atoms with Gasteiger partial charge in [0.05, 0.1) is 11.4 Å². The summed E-state index contributed by atoms with van der Waals surface area (Å²) in [6, 6.07) is 74.5. The number of hydrogen-bond donors (Lipinski definition) is 0. The zero-order valence-electron chi connectivity index (χ0n) is 31.8. The van der Waals surface area contributed by atoms with Crippen molar-refractivity contribution in [3.8, 4) is 0 Å². The van der Waals surface area contributed by atoms with Crippen LogP contribution in [0.25, 0.3) is 76.2 Å². The lowest BCUT2D eigenvalue weighted by Crippen LogP contribution is -2.51. The quantitative estimate of drug-likeness (QED) is 0.168. The third kappa shape index (κ3) is 4.43. The van der Waals surface area contributed by atoms with E-state index in [4.69, 9.17) is 8.83 Å². The summed E-state index contributed by atoms with van der Waals surface area (Å²) in [5, 5.41) is 11.8. The van der Waals surface area contributed by atoms with Crippen LogP contribution in [0, 0.1) is 0 Å². The van der Waals surface area contributed by atoms with Gasteiger partial charge in [0.25, 0.3) is 0 Å². The summed E-state index contributed by atoms with van der Waals surface area (Å²) in [6.07, 6.45) is 0. The van der Waals surface area contributed by atoms with E-state index in [2.05, 4.69) is 204 Å². The van der Waals surface area contributed by atoms with Crippen LogP contribution in [0.5, 0.6) is 0 Å². The third-order valence-electron chi connectivity index (χ3n) is 12.6. The van der Waals surface area contributed by atoms with Crippen molar-refractivity contribution in [3.63, 3.8) is 0 Å². The van der Waals surface area contributed by atoms with Crippen molar-refractivity contribution in [1.82, 2.24) is 0 Å². The Morgan fingerprint density at radius 2 is 0.610 bits per heavy atom. The van der Waals surface area contributed by atoms with Gasteiger partial charge in [-0.1, -0.05) is 146 Å². The molecule has 13 rings (SSSR count). The monoisotopic (exact) mass is 754 g/mol. The minimum Gasteiger partial charge on any atom is -0.456 e. The molecule has 0 radical (unpaired) electrons. The first-order valence-electron chi connectivity index (χ1n) is 20.2. The second-order valence-corrected chi connectivity index (χ2v) is 15.6. The number of anilines is 4. The van der Waals surface area contributed by atoms with Crippen LogP contribution in [0.15, 0.2) is 215 Å². The lowest BCUT2D eigenvalue weighted by Gasteiger charge is -2.47. The van der Waals surface area contributed by atoms with Crippen LogP contribution < -0.4 is 9.80 Å². The molecule has 2 aromatic heterocycles. The maximum Gasteiger partial charge on any atom is 0.175 e. The number of para-hydroxylation sites is 2. The number of nitrogens with zero attached hydrogens (tertiary/aromatic N) is 2. The summed E-state index contributed by atoms with van der Waals surface area (Å²) in [7, 11) is 0. The predicted octanol–water partition coefficient (Wildman–Crippen LogP) is 15.1. The van der Waals surface area contributed by atoms with Gasteiger partial charge in [-0.25, -0.2) is 0 Å². The fraction of sp³-hybridized carbons (Fsp3) is 0.0182. The Labute approximate surface area is 339 Å². The minimum atomic E-state index is -0.910. The summed E-state index contributed by atoms with van der Waals surface area (Å²) in [5.74, 6) is 0. The number of fused-ring (bicyclic) bond motifs is 13. The molecule has 0 spiro atoms. The van der Waals surface area contributed by atoms with Gasteiger partial charge in [-0.15, -0.1) is 0 Å². The molecule has 0 aliphatic carbocycles. The van der Waals surface area contributed by atoms with E-state index in [1.165, 1.54) is 32.3 Å². The van der Waals surface area contributed by atoms with Crippen molar-refractivity contribution in [2.75, 3.05) is 9.80 Å². The van der Waals surface area contributed by atoms with Crippen LogP contribution in [0.1, 0.15) is 11.1 Å². The van der Waals surface area contributed by atoms with E-state index in [0.29, 0.717) is 0 Å². The van der Waals surface area contributed by atoms with Crippen LogP contribution in [0.3, 0.4) is 0 Å². The second kappa shape index (κ2) is 12.1. The molecule has 1 aliphatic rings. The van der Waals surface area contributed by atoms with Crippen LogP contribution in [-0.4, -0.2) is 0 Å². The number of hydrogen-bond acceptors (Lipinski definition) is 4. The Morgan fingerprint density at radius 3 is 1.03 bits per heavy atom. The lowest BCUT2D eigenvalue weighted by atomic mass is 9.87. The van der Waals surface area contributed by atoms with E-state index in [-0.39, 0.29) is 0 Å². The zero-order chi connectivity index (χ0) is 38.7. The minimum absolute atomic E-state index is 0.847. The summed E-state index contributed by atoms with van der Waals surface area (Å²) in [6.45, 7) is 0. The molecule has 4 nitrogen and oxygen atoms in total. The fourth-order valence-corrected chi connectivity index (χ4v) is 10.1. The van der Waals surface area contributed by atoms with E-state index in [1.807, 2.05) is 12.1 Å². The Morgan fingerprint density at radius 1 is 0.271 bits per heavy atom. The van der Waals surface area contributed by atoms with E-state index < -0.39 is 5.66 Å². The summed E-state index contributed by atoms with van der Waals surface area (Å²) >= 11 is 0. The maximum atomic E-state index is 6.63. The predicted molar refractivity (Wildman–Crippen MR) is 244 cm³/mol. The molecule has 0 saturated carbocycles. The molecule has 0 N–H and O–H groups in total. The van der Waals surface area contributed by atoms with Crippen LogP contribution in [0.4, 0.5) is 22.7 Å². The van der Waals surface area contributed by atoms with Crippen LogP contribution in [0.2, 0.25) is 0 Å². The lowest BCUT2D eigenvalue weighted by molar-refractivity contribution is 0.559. The Hall–Kier alpha value is -7.82. The first-order valence-corrected chi connectivity index (χ1v) is 20.2. The van der Waals surface area contributed by atoms with Gasteiger partial charge >= 0.3 is 0 Å². The SMILES string of the molecule is c1ccc(C2(c3ccccc3)N(c3ccc4c(c3)oc3ccccc34)c3cc4c5ccccc5c5ccccc5c4cc3N2c2ccc3c(c2)oc2ccccc23)cc1. The molecular weight excluding hydrogens is 721 g/mol. The molecule has 0 unspecified atom stereocenters. The molecular formula is C55H34N2O2. The van der Waals surface area contributed by atoms with Gasteiger partial charge in [0, 0.05) is 56.2 Å². The zero-order valence-corrected chi connectivity index (χ0v) is 31.8. The van der Waals surface area contributed by atoms with Gasteiger partial charge in [-0.3, -0.25) is 0 Å². The first kappa shape index (κ1) is 32.3. The second-order valence-electron chi connectivity index (χ2n) is 15.6. The molecule has 12 aromatic rings. The molecule has 276 valence electrons.